The van der Waals surface area contributed by atoms with Crippen LogP contribution < -0.4 is 10.2 Å². The third-order valence-electron chi connectivity index (χ3n) is 4.02. The van der Waals surface area contributed by atoms with Crippen molar-refractivity contribution in [2.24, 2.45) is 0 Å². The predicted molar refractivity (Wildman–Crippen MR) is 104 cm³/mol. The Hall–Kier alpha value is -1.94. The number of carbonyl (C=O) groups is 1. The van der Waals surface area contributed by atoms with Gasteiger partial charge in [-0.2, -0.15) is 0 Å². The minimum Gasteiger partial charge on any atom is -0.378 e. The zero-order valence-corrected chi connectivity index (χ0v) is 15.7. The summed E-state index contributed by atoms with van der Waals surface area (Å²) in [4.78, 5) is 15.3. The normalized spacial score (nSPS) is 10.5. The number of thioether (sulfide) groups is 1. The molecule has 0 aliphatic rings. The average Bonchev–Trinajstić information content (AvgIpc) is 2.56. The molecule has 0 unspecified atom stereocenters. The van der Waals surface area contributed by atoms with Crippen molar-refractivity contribution in [3.8, 4) is 0 Å². The predicted octanol–water partition coefficient (Wildman–Crippen LogP) is 4.17. The van der Waals surface area contributed by atoms with Crippen molar-refractivity contribution < 1.29 is 4.79 Å². The minimum absolute atomic E-state index is 0.100. The van der Waals surface area contributed by atoms with Gasteiger partial charge in [0.05, 0.1) is 0 Å². The van der Waals surface area contributed by atoms with E-state index in [0.717, 1.165) is 17.0 Å². The summed E-state index contributed by atoms with van der Waals surface area (Å²) in [5, 5.41) is 2.99. The van der Waals surface area contributed by atoms with Gasteiger partial charge in [-0.3, -0.25) is 4.79 Å². The van der Waals surface area contributed by atoms with Gasteiger partial charge < -0.3 is 10.2 Å². The van der Waals surface area contributed by atoms with Crippen LogP contribution in [0.25, 0.3) is 0 Å². The molecule has 0 aliphatic heterocycles. The quantitative estimate of drug-likeness (QED) is 0.767. The van der Waals surface area contributed by atoms with Crippen molar-refractivity contribution in [3.05, 3.63) is 59.2 Å². The monoisotopic (exact) mass is 342 g/mol. The fourth-order valence-corrected chi connectivity index (χ4v) is 3.21. The minimum atomic E-state index is 0.100. The number of nitrogens with zero attached hydrogens (tertiary/aromatic N) is 1. The van der Waals surface area contributed by atoms with Crippen LogP contribution in [0.15, 0.2) is 47.4 Å². The summed E-state index contributed by atoms with van der Waals surface area (Å²) >= 11 is 1.73. The lowest BCUT2D eigenvalue weighted by Crippen LogP contribution is -2.23. The molecule has 0 radical (unpaired) electrons. The smallest absolute Gasteiger partial charge is 0.221 e. The van der Waals surface area contributed by atoms with Gasteiger partial charge in [0.1, 0.15) is 0 Å². The number of nitrogens with one attached hydrogen (secondary N) is 1. The Labute approximate surface area is 149 Å². The SMILES string of the molecule is Cc1ccc(SCCC(=O)NCc2ccc(N(C)C)cc2)cc1C. The molecule has 3 nitrogen and oxygen atoms in total. The second-order valence-corrected chi connectivity index (χ2v) is 7.35. The summed E-state index contributed by atoms with van der Waals surface area (Å²) in [5.74, 6) is 0.900. The highest BCUT2D eigenvalue weighted by molar-refractivity contribution is 7.99. The van der Waals surface area contributed by atoms with Crippen LogP contribution in [0.4, 0.5) is 5.69 Å². The maximum Gasteiger partial charge on any atom is 0.221 e. The standard InChI is InChI=1S/C20H26N2OS/c1-15-5-10-19(13-16(15)2)24-12-11-20(23)21-14-17-6-8-18(9-7-17)22(3)4/h5-10,13H,11-12,14H2,1-4H3,(H,21,23). The largest absolute Gasteiger partial charge is 0.378 e. The third kappa shape index (κ3) is 5.60. The summed E-state index contributed by atoms with van der Waals surface area (Å²) in [7, 11) is 4.04. The molecule has 0 spiro atoms. The number of benzene rings is 2. The number of hydrogen-bond donors (Lipinski definition) is 1. The van der Waals surface area contributed by atoms with Crippen molar-refractivity contribution in [2.45, 2.75) is 31.7 Å². The molecular formula is C20H26N2OS. The lowest BCUT2D eigenvalue weighted by atomic mass is 10.1. The molecule has 24 heavy (non-hydrogen) atoms. The van der Waals surface area contributed by atoms with Crippen molar-refractivity contribution in [2.75, 3.05) is 24.7 Å². The topological polar surface area (TPSA) is 32.3 Å². The first-order valence-corrected chi connectivity index (χ1v) is 9.17. The molecule has 0 atom stereocenters. The van der Waals surface area contributed by atoms with Crippen molar-refractivity contribution >= 4 is 23.4 Å². The Bertz CT molecular complexity index is 681. The Balaban J connectivity index is 1.72. The van der Waals surface area contributed by atoms with Gasteiger partial charge in [0.25, 0.3) is 0 Å². The molecule has 0 aliphatic carbocycles. The van der Waals surface area contributed by atoms with Crippen molar-refractivity contribution in [1.82, 2.24) is 5.32 Å². The van der Waals surface area contributed by atoms with Crippen LogP contribution in [0.1, 0.15) is 23.1 Å². The van der Waals surface area contributed by atoms with Crippen molar-refractivity contribution in [3.63, 3.8) is 0 Å². The molecule has 0 saturated heterocycles. The van der Waals surface area contributed by atoms with Crippen LogP contribution in [0, 0.1) is 13.8 Å². The van der Waals surface area contributed by atoms with E-state index in [2.05, 4.69) is 66.5 Å². The van der Waals surface area contributed by atoms with Crippen LogP contribution in [-0.2, 0) is 11.3 Å². The van der Waals surface area contributed by atoms with Crippen LogP contribution >= 0.6 is 11.8 Å². The molecule has 4 heteroatoms. The van der Waals surface area contributed by atoms with E-state index in [1.165, 1.54) is 16.0 Å². The third-order valence-corrected chi connectivity index (χ3v) is 5.01. The van der Waals surface area contributed by atoms with Gasteiger partial charge in [0.2, 0.25) is 5.91 Å². The first-order valence-electron chi connectivity index (χ1n) is 8.19. The number of aryl methyl sites for hydroxylation is 2. The maximum absolute atomic E-state index is 12.0. The number of hydrogen-bond acceptors (Lipinski definition) is 3. The van der Waals surface area contributed by atoms with Gasteiger partial charge in [-0.25, -0.2) is 0 Å². The molecule has 2 aromatic carbocycles. The molecule has 2 rings (SSSR count). The molecule has 128 valence electrons. The zero-order valence-electron chi connectivity index (χ0n) is 14.9. The van der Waals surface area contributed by atoms with Crippen LogP contribution in [-0.4, -0.2) is 25.8 Å². The Kier molecular flexibility index (Phi) is 6.73. The highest BCUT2D eigenvalue weighted by atomic mass is 32.2. The first-order chi connectivity index (χ1) is 11.5. The Morgan fingerprint density at radius 2 is 1.75 bits per heavy atom. The second kappa shape index (κ2) is 8.78. The number of amides is 1. The van der Waals surface area contributed by atoms with Crippen LogP contribution in [0.2, 0.25) is 0 Å². The van der Waals surface area contributed by atoms with E-state index in [1.807, 2.05) is 14.1 Å². The molecule has 0 saturated carbocycles. The molecular weight excluding hydrogens is 316 g/mol. The molecule has 0 heterocycles. The first kappa shape index (κ1) is 18.4. The lowest BCUT2D eigenvalue weighted by molar-refractivity contribution is -0.120. The summed E-state index contributed by atoms with van der Waals surface area (Å²) in [6.07, 6.45) is 0.535. The van der Waals surface area contributed by atoms with Gasteiger partial charge >= 0.3 is 0 Å². The summed E-state index contributed by atoms with van der Waals surface area (Å²) < 4.78 is 0. The fraction of sp³-hybridized carbons (Fsp3) is 0.350. The van der Waals surface area contributed by atoms with E-state index in [9.17, 15) is 4.79 Å². The lowest BCUT2D eigenvalue weighted by Gasteiger charge is -2.13. The van der Waals surface area contributed by atoms with E-state index in [4.69, 9.17) is 0 Å². The van der Waals surface area contributed by atoms with Crippen LogP contribution in [0.3, 0.4) is 0 Å². The zero-order chi connectivity index (χ0) is 17.5. The van der Waals surface area contributed by atoms with E-state index in [-0.39, 0.29) is 5.91 Å². The number of rotatable bonds is 7. The van der Waals surface area contributed by atoms with E-state index < -0.39 is 0 Å². The second-order valence-electron chi connectivity index (χ2n) is 6.18. The molecule has 0 fully saturated rings. The van der Waals surface area contributed by atoms with E-state index >= 15 is 0 Å². The average molecular weight is 343 g/mol. The van der Waals surface area contributed by atoms with E-state index in [0.29, 0.717) is 13.0 Å². The van der Waals surface area contributed by atoms with Gasteiger partial charge in [0, 0.05) is 43.4 Å². The Morgan fingerprint density at radius 3 is 2.38 bits per heavy atom. The van der Waals surface area contributed by atoms with Gasteiger partial charge in [-0.1, -0.05) is 18.2 Å². The van der Waals surface area contributed by atoms with Crippen molar-refractivity contribution in [1.29, 1.82) is 0 Å². The summed E-state index contributed by atoms with van der Waals surface area (Å²) in [5.41, 5.74) is 4.88. The summed E-state index contributed by atoms with van der Waals surface area (Å²) in [6, 6.07) is 14.7. The molecule has 0 bridgehead atoms. The van der Waals surface area contributed by atoms with Gasteiger partial charge in [0.15, 0.2) is 0 Å². The highest BCUT2D eigenvalue weighted by Gasteiger charge is 2.04. The molecule has 0 aromatic heterocycles. The van der Waals surface area contributed by atoms with Gasteiger partial charge in [-0.15, -0.1) is 11.8 Å². The number of anilines is 1. The molecule has 1 amide bonds. The number of carbonyl (C=O) groups excluding carboxylic acids is 1. The summed E-state index contributed by atoms with van der Waals surface area (Å²) in [6.45, 7) is 4.82. The maximum atomic E-state index is 12.0. The molecule has 1 N–H and O–H groups in total. The van der Waals surface area contributed by atoms with E-state index in [1.54, 1.807) is 11.8 Å². The van der Waals surface area contributed by atoms with Crippen LogP contribution in [0.5, 0.6) is 0 Å². The van der Waals surface area contributed by atoms with Gasteiger partial charge in [-0.05, 0) is 54.8 Å². The molecule has 2 aromatic rings. The fourth-order valence-electron chi connectivity index (χ4n) is 2.27. The highest BCUT2D eigenvalue weighted by Crippen LogP contribution is 2.21. The Morgan fingerprint density at radius 1 is 1.04 bits per heavy atom.